The Balaban J connectivity index is 2.37. The molecule has 0 fully saturated rings. The molecule has 4 nitrogen and oxygen atoms in total. The SMILES string of the molecule is O=C(NCCCl)Nc1ccncc1. The Bertz CT molecular complexity index is 265. The van der Waals surface area contributed by atoms with Crippen LogP contribution in [-0.2, 0) is 0 Å². The van der Waals surface area contributed by atoms with Crippen LogP contribution in [0.5, 0.6) is 0 Å². The number of alkyl halides is 1. The summed E-state index contributed by atoms with van der Waals surface area (Å²) in [4.78, 5) is 14.9. The van der Waals surface area contributed by atoms with Crippen molar-refractivity contribution in [1.29, 1.82) is 0 Å². The molecule has 0 saturated heterocycles. The van der Waals surface area contributed by atoms with Crippen molar-refractivity contribution in [2.24, 2.45) is 0 Å². The minimum atomic E-state index is -0.258. The first-order chi connectivity index (χ1) is 6.33. The topological polar surface area (TPSA) is 54.0 Å². The maximum Gasteiger partial charge on any atom is 0.319 e. The van der Waals surface area contributed by atoms with Crippen LogP contribution in [0.1, 0.15) is 0 Å². The fourth-order valence-corrected chi connectivity index (χ4v) is 0.866. The van der Waals surface area contributed by atoms with E-state index in [9.17, 15) is 4.79 Å². The highest BCUT2D eigenvalue weighted by atomic mass is 35.5. The number of nitrogens with zero attached hydrogens (tertiary/aromatic N) is 1. The van der Waals surface area contributed by atoms with Crippen molar-refractivity contribution in [3.8, 4) is 0 Å². The first-order valence-electron chi connectivity index (χ1n) is 3.84. The Morgan fingerprint density at radius 1 is 1.46 bits per heavy atom. The molecular weight excluding hydrogens is 190 g/mol. The van der Waals surface area contributed by atoms with Gasteiger partial charge in [0.05, 0.1) is 0 Å². The number of amides is 2. The standard InChI is InChI=1S/C8H10ClN3O/c9-3-6-11-8(13)12-7-1-4-10-5-2-7/h1-2,4-5H,3,6H2,(H2,10,11,12,13). The lowest BCUT2D eigenvalue weighted by Gasteiger charge is -2.04. The van der Waals surface area contributed by atoms with E-state index >= 15 is 0 Å². The third-order valence-corrected chi connectivity index (χ3v) is 1.51. The second-order valence-corrected chi connectivity index (χ2v) is 2.68. The van der Waals surface area contributed by atoms with Crippen LogP contribution in [0.3, 0.4) is 0 Å². The number of rotatable bonds is 3. The molecule has 0 spiro atoms. The zero-order valence-corrected chi connectivity index (χ0v) is 7.71. The second-order valence-electron chi connectivity index (χ2n) is 2.31. The average Bonchev–Trinajstić information content (AvgIpc) is 2.16. The minimum absolute atomic E-state index is 0.258. The van der Waals surface area contributed by atoms with Gasteiger partial charge in [-0.2, -0.15) is 0 Å². The molecular formula is C8H10ClN3O. The molecule has 1 rings (SSSR count). The normalized spacial score (nSPS) is 9.31. The number of halogens is 1. The van der Waals surface area contributed by atoms with Gasteiger partial charge in [0, 0.05) is 30.5 Å². The Kier molecular flexibility index (Phi) is 4.05. The van der Waals surface area contributed by atoms with Crippen molar-refractivity contribution >= 4 is 23.3 Å². The number of aromatic nitrogens is 1. The van der Waals surface area contributed by atoms with Gasteiger partial charge in [0.2, 0.25) is 0 Å². The maximum absolute atomic E-state index is 11.1. The third kappa shape index (κ3) is 3.75. The summed E-state index contributed by atoms with van der Waals surface area (Å²) in [5.74, 6) is 0.407. The number of anilines is 1. The summed E-state index contributed by atoms with van der Waals surface area (Å²) in [6, 6.07) is 3.16. The summed E-state index contributed by atoms with van der Waals surface area (Å²) in [5, 5.41) is 5.21. The smallest absolute Gasteiger partial charge is 0.319 e. The highest BCUT2D eigenvalue weighted by molar-refractivity contribution is 6.18. The molecule has 0 atom stereocenters. The first kappa shape index (κ1) is 9.80. The summed E-state index contributed by atoms with van der Waals surface area (Å²) in [6.45, 7) is 0.457. The van der Waals surface area contributed by atoms with E-state index in [-0.39, 0.29) is 6.03 Å². The molecule has 1 heterocycles. The van der Waals surface area contributed by atoms with Gasteiger partial charge >= 0.3 is 6.03 Å². The molecule has 0 bridgehead atoms. The van der Waals surface area contributed by atoms with Crippen LogP contribution in [0.25, 0.3) is 0 Å². The van der Waals surface area contributed by atoms with Crippen molar-refractivity contribution in [1.82, 2.24) is 10.3 Å². The van der Waals surface area contributed by atoms with Gasteiger partial charge in [0.15, 0.2) is 0 Å². The van der Waals surface area contributed by atoms with E-state index in [1.54, 1.807) is 24.5 Å². The van der Waals surface area contributed by atoms with Gasteiger partial charge in [-0.1, -0.05) is 0 Å². The molecule has 0 aromatic carbocycles. The van der Waals surface area contributed by atoms with Crippen molar-refractivity contribution in [3.05, 3.63) is 24.5 Å². The van der Waals surface area contributed by atoms with E-state index < -0.39 is 0 Å². The minimum Gasteiger partial charge on any atom is -0.337 e. The molecule has 0 saturated carbocycles. The first-order valence-corrected chi connectivity index (χ1v) is 4.37. The van der Waals surface area contributed by atoms with Crippen LogP contribution in [0, 0.1) is 0 Å². The van der Waals surface area contributed by atoms with Gasteiger partial charge in [0.1, 0.15) is 0 Å². The van der Waals surface area contributed by atoms with Crippen LogP contribution < -0.4 is 10.6 Å². The van der Waals surface area contributed by atoms with E-state index in [1.165, 1.54) is 0 Å². The van der Waals surface area contributed by atoms with Crippen LogP contribution in [0.2, 0.25) is 0 Å². The number of hydrogen-bond donors (Lipinski definition) is 2. The number of nitrogens with one attached hydrogen (secondary N) is 2. The van der Waals surface area contributed by atoms with Gasteiger partial charge in [-0.05, 0) is 12.1 Å². The van der Waals surface area contributed by atoms with Crippen molar-refractivity contribution in [2.75, 3.05) is 17.7 Å². The van der Waals surface area contributed by atoms with Crippen LogP contribution in [0.4, 0.5) is 10.5 Å². The Hall–Kier alpha value is -1.29. The number of pyridine rings is 1. The predicted octanol–water partition coefficient (Wildman–Crippen LogP) is 1.44. The molecule has 1 aromatic rings. The molecule has 13 heavy (non-hydrogen) atoms. The molecule has 2 N–H and O–H groups in total. The van der Waals surface area contributed by atoms with E-state index in [0.717, 1.165) is 0 Å². The fourth-order valence-electron chi connectivity index (χ4n) is 0.771. The van der Waals surface area contributed by atoms with Crippen molar-refractivity contribution in [2.45, 2.75) is 0 Å². The fraction of sp³-hybridized carbons (Fsp3) is 0.250. The van der Waals surface area contributed by atoms with Crippen LogP contribution >= 0.6 is 11.6 Å². The largest absolute Gasteiger partial charge is 0.337 e. The lowest BCUT2D eigenvalue weighted by Crippen LogP contribution is -2.30. The average molecular weight is 200 g/mol. The monoisotopic (exact) mass is 199 g/mol. The van der Waals surface area contributed by atoms with E-state index in [0.29, 0.717) is 18.1 Å². The number of carbonyl (C=O) groups is 1. The second kappa shape index (κ2) is 5.37. The molecule has 0 aliphatic heterocycles. The van der Waals surface area contributed by atoms with E-state index in [4.69, 9.17) is 11.6 Å². The zero-order chi connectivity index (χ0) is 9.52. The Morgan fingerprint density at radius 3 is 2.77 bits per heavy atom. The molecule has 2 amide bonds. The van der Waals surface area contributed by atoms with E-state index in [2.05, 4.69) is 15.6 Å². The van der Waals surface area contributed by atoms with Gasteiger partial charge in [-0.15, -0.1) is 11.6 Å². The Morgan fingerprint density at radius 2 is 2.15 bits per heavy atom. The van der Waals surface area contributed by atoms with Gasteiger partial charge in [0.25, 0.3) is 0 Å². The molecule has 0 radical (unpaired) electrons. The summed E-state index contributed by atoms with van der Waals surface area (Å²) >= 11 is 5.40. The third-order valence-electron chi connectivity index (χ3n) is 1.32. The number of urea groups is 1. The lowest BCUT2D eigenvalue weighted by atomic mass is 10.4. The Labute approximate surface area is 81.3 Å². The molecule has 1 aromatic heterocycles. The quantitative estimate of drug-likeness (QED) is 0.724. The van der Waals surface area contributed by atoms with Gasteiger partial charge in [-0.3, -0.25) is 4.98 Å². The van der Waals surface area contributed by atoms with Crippen LogP contribution in [0.15, 0.2) is 24.5 Å². The summed E-state index contributed by atoms with van der Waals surface area (Å²) in [7, 11) is 0. The predicted molar refractivity (Wildman–Crippen MR) is 52.0 cm³/mol. The van der Waals surface area contributed by atoms with E-state index in [1.807, 2.05) is 0 Å². The summed E-state index contributed by atoms with van der Waals surface area (Å²) in [6.07, 6.45) is 3.22. The number of hydrogen-bond acceptors (Lipinski definition) is 2. The van der Waals surface area contributed by atoms with Crippen molar-refractivity contribution in [3.63, 3.8) is 0 Å². The zero-order valence-electron chi connectivity index (χ0n) is 6.96. The molecule has 5 heteroatoms. The maximum atomic E-state index is 11.1. The molecule has 0 aliphatic rings. The summed E-state index contributed by atoms with van der Waals surface area (Å²) < 4.78 is 0. The van der Waals surface area contributed by atoms with Gasteiger partial charge in [-0.25, -0.2) is 4.79 Å². The summed E-state index contributed by atoms with van der Waals surface area (Å²) in [5.41, 5.74) is 0.710. The molecule has 70 valence electrons. The molecule has 0 unspecified atom stereocenters. The highest BCUT2D eigenvalue weighted by Gasteiger charge is 1.98. The highest BCUT2D eigenvalue weighted by Crippen LogP contribution is 2.01. The van der Waals surface area contributed by atoms with Crippen molar-refractivity contribution < 1.29 is 4.79 Å². The number of carbonyl (C=O) groups excluding carboxylic acids is 1. The van der Waals surface area contributed by atoms with Gasteiger partial charge < -0.3 is 10.6 Å². The lowest BCUT2D eigenvalue weighted by molar-refractivity contribution is 0.252. The molecule has 0 aliphatic carbocycles. The van der Waals surface area contributed by atoms with Crippen LogP contribution in [-0.4, -0.2) is 23.4 Å².